The van der Waals surface area contributed by atoms with Crippen LogP contribution in [0.1, 0.15) is 0 Å². The Hall–Kier alpha value is -2.05. The van der Waals surface area contributed by atoms with Crippen molar-refractivity contribution < 1.29 is 0 Å². The van der Waals surface area contributed by atoms with Gasteiger partial charge in [0.25, 0.3) is 5.56 Å². The standard InChI is InChI=1S/C9H12N4O3/c1-10-5-6(11(2)8(10)15)12(3)9(16)13(4)7(5)14/h1-4H3. The minimum atomic E-state index is -0.460. The van der Waals surface area contributed by atoms with E-state index in [4.69, 9.17) is 0 Å². The van der Waals surface area contributed by atoms with Gasteiger partial charge in [0.15, 0.2) is 11.2 Å². The maximum Gasteiger partial charge on any atom is 0.332 e. The van der Waals surface area contributed by atoms with E-state index in [1.807, 2.05) is 0 Å². The summed E-state index contributed by atoms with van der Waals surface area (Å²) in [5.74, 6) is 0. The molecule has 0 aliphatic carbocycles. The number of rotatable bonds is 0. The van der Waals surface area contributed by atoms with Gasteiger partial charge in [-0.25, -0.2) is 9.59 Å². The van der Waals surface area contributed by atoms with Crippen LogP contribution in [0.4, 0.5) is 0 Å². The molecule has 0 aliphatic heterocycles. The number of nitrogens with zero attached hydrogens (tertiary/aromatic N) is 4. The molecule has 86 valence electrons. The zero-order valence-corrected chi connectivity index (χ0v) is 9.51. The summed E-state index contributed by atoms with van der Waals surface area (Å²) >= 11 is 0. The van der Waals surface area contributed by atoms with Crippen LogP contribution in [-0.2, 0) is 28.2 Å². The van der Waals surface area contributed by atoms with Crippen molar-refractivity contribution in [1.82, 2.24) is 18.3 Å². The van der Waals surface area contributed by atoms with Gasteiger partial charge in [-0.05, 0) is 0 Å². The Morgan fingerprint density at radius 3 is 1.62 bits per heavy atom. The van der Waals surface area contributed by atoms with Gasteiger partial charge in [-0.15, -0.1) is 0 Å². The summed E-state index contributed by atoms with van der Waals surface area (Å²) in [6, 6.07) is 0. The van der Waals surface area contributed by atoms with Gasteiger partial charge in [0.05, 0.1) is 0 Å². The molecule has 0 aliphatic rings. The van der Waals surface area contributed by atoms with E-state index in [0.717, 1.165) is 4.57 Å². The van der Waals surface area contributed by atoms with Crippen molar-refractivity contribution in [2.24, 2.45) is 28.2 Å². The van der Waals surface area contributed by atoms with E-state index in [0.29, 0.717) is 5.65 Å². The first-order chi connectivity index (χ1) is 7.37. The Morgan fingerprint density at radius 2 is 1.12 bits per heavy atom. The van der Waals surface area contributed by atoms with Crippen LogP contribution < -0.4 is 16.9 Å². The molecule has 0 atom stereocenters. The summed E-state index contributed by atoms with van der Waals surface area (Å²) < 4.78 is 4.81. The monoisotopic (exact) mass is 224 g/mol. The zero-order chi connectivity index (χ0) is 12.2. The molecule has 7 nitrogen and oxygen atoms in total. The Balaban J connectivity index is 3.36. The fraction of sp³-hybridized carbons (Fsp3) is 0.444. The SMILES string of the molecule is Cn1c(=O)c2c(n(C)c1=O)n(C)c(=O)n2C. The highest BCUT2D eigenvalue weighted by Gasteiger charge is 2.16. The van der Waals surface area contributed by atoms with Gasteiger partial charge in [-0.2, -0.15) is 0 Å². The second-order valence-corrected chi connectivity index (χ2v) is 3.78. The minimum absolute atomic E-state index is 0.233. The molecule has 0 N–H and O–H groups in total. The lowest BCUT2D eigenvalue weighted by atomic mass is 10.5. The lowest BCUT2D eigenvalue weighted by Gasteiger charge is -2.04. The predicted octanol–water partition coefficient (Wildman–Crippen LogP) is -1.73. The normalized spacial score (nSPS) is 11.2. The maximum atomic E-state index is 11.9. The Morgan fingerprint density at radius 1 is 0.688 bits per heavy atom. The van der Waals surface area contributed by atoms with Gasteiger partial charge in [0.1, 0.15) is 0 Å². The number of hydrogen-bond donors (Lipinski definition) is 0. The van der Waals surface area contributed by atoms with Gasteiger partial charge in [-0.3, -0.25) is 23.1 Å². The van der Waals surface area contributed by atoms with E-state index in [1.54, 1.807) is 0 Å². The van der Waals surface area contributed by atoms with E-state index in [1.165, 1.54) is 41.9 Å². The van der Waals surface area contributed by atoms with Crippen LogP contribution in [0, 0.1) is 0 Å². The molecule has 0 spiro atoms. The minimum Gasteiger partial charge on any atom is -0.289 e. The van der Waals surface area contributed by atoms with Crippen molar-refractivity contribution in [2.75, 3.05) is 0 Å². The van der Waals surface area contributed by atoms with E-state index in [9.17, 15) is 14.4 Å². The molecule has 7 heteroatoms. The van der Waals surface area contributed by atoms with Gasteiger partial charge < -0.3 is 0 Å². The first-order valence-corrected chi connectivity index (χ1v) is 4.69. The summed E-state index contributed by atoms with van der Waals surface area (Å²) in [5.41, 5.74) is -0.664. The van der Waals surface area contributed by atoms with Crippen LogP contribution in [0.2, 0.25) is 0 Å². The fourth-order valence-corrected chi connectivity index (χ4v) is 1.90. The summed E-state index contributed by atoms with van der Waals surface area (Å²) in [6.45, 7) is 0. The molecule has 2 heterocycles. The Labute approximate surface area is 89.8 Å². The largest absolute Gasteiger partial charge is 0.332 e. The third-order valence-corrected chi connectivity index (χ3v) is 2.84. The number of hydrogen-bond acceptors (Lipinski definition) is 3. The molecule has 0 saturated carbocycles. The topological polar surface area (TPSA) is 70.9 Å². The summed E-state index contributed by atoms with van der Waals surface area (Å²) in [4.78, 5) is 35.2. The average molecular weight is 224 g/mol. The van der Waals surface area contributed by atoms with Crippen LogP contribution in [0.5, 0.6) is 0 Å². The second-order valence-electron chi connectivity index (χ2n) is 3.78. The van der Waals surface area contributed by atoms with Crippen molar-refractivity contribution in [3.05, 3.63) is 31.3 Å². The summed E-state index contributed by atoms with van der Waals surface area (Å²) in [7, 11) is 5.96. The van der Waals surface area contributed by atoms with Gasteiger partial charge >= 0.3 is 11.4 Å². The van der Waals surface area contributed by atoms with Crippen LogP contribution in [0.25, 0.3) is 11.2 Å². The zero-order valence-electron chi connectivity index (χ0n) is 9.51. The Kier molecular flexibility index (Phi) is 1.94. The van der Waals surface area contributed by atoms with Crippen molar-refractivity contribution in [3.63, 3.8) is 0 Å². The first-order valence-electron chi connectivity index (χ1n) is 4.69. The highest BCUT2D eigenvalue weighted by Crippen LogP contribution is 2.02. The van der Waals surface area contributed by atoms with E-state index in [2.05, 4.69) is 0 Å². The highest BCUT2D eigenvalue weighted by molar-refractivity contribution is 5.70. The van der Waals surface area contributed by atoms with E-state index in [-0.39, 0.29) is 11.2 Å². The number of fused-ring (bicyclic) bond motifs is 1. The molecule has 0 saturated heterocycles. The van der Waals surface area contributed by atoms with Crippen molar-refractivity contribution in [2.45, 2.75) is 0 Å². The highest BCUT2D eigenvalue weighted by atomic mass is 16.2. The number of aromatic nitrogens is 4. The van der Waals surface area contributed by atoms with E-state index >= 15 is 0 Å². The lowest BCUT2D eigenvalue weighted by molar-refractivity contribution is 0.696. The Bertz CT molecular complexity index is 756. The molecule has 2 aromatic rings. The smallest absolute Gasteiger partial charge is 0.289 e. The summed E-state index contributed by atoms with van der Waals surface area (Å²) in [6.07, 6.45) is 0. The first kappa shape index (κ1) is 10.5. The maximum absolute atomic E-state index is 11.9. The molecule has 0 aromatic carbocycles. The van der Waals surface area contributed by atoms with Crippen LogP contribution in [-0.4, -0.2) is 18.3 Å². The second kappa shape index (κ2) is 2.97. The molecule has 2 aromatic heterocycles. The number of imidazole rings is 1. The van der Waals surface area contributed by atoms with Crippen LogP contribution >= 0.6 is 0 Å². The molecule has 16 heavy (non-hydrogen) atoms. The molecule has 0 fully saturated rings. The van der Waals surface area contributed by atoms with Crippen LogP contribution in [0.3, 0.4) is 0 Å². The van der Waals surface area contributed by atoms with Crippen molar-refractivity contribution >= 4 is 11.2 Å². The molecular formula is C9H12N4O3. The molecule has 0 unspecified atom stereocenters. The average Bonchev–Trinajstić information content (AvgIpc) is 2.48. The summed E-state index contributed by atoms with van der Waals surface area (Å²) in [5, 5.41) is 0. The quantitative estimate of drug-likeness (QED) is 0.534. The molecular weight excluding hydrogens is 212 g/mol. The number of aryl methyl sites for hydroxylation is 3. The predicted molar refractivity (Wildman–Crippen MR) is 58.6 cm³/mol. The molecule has 2 rings (SSSR count). The van der Waals surface area contributed by atoms with Gasteiger partial charge in [0, 0.05) is 28.2 Å². The molecule has 0 amide bonds. The third kappa shape index (κ3) is 0.995. The third-order valence-electron chi connectivity index (χ3n) is 2.84. The van der Waals surface area contributed by atoms with Crippen LogP contribution in [0.15, 0.2) is 14.4 Å². The molecule has 0 radical (unpaired) electrons. The molecule has 0 bridgehead atoms. The van der Waals surface area contributed by atoms with Crippen molar-refractivity contribution in [1.29, 1.82) is 0 Å². The van der Waals surface area contributed by atoms with Crippen molar-refractivity contribution in [3.8, 4) is 0 Å². The van der Waals surface area contributed by atoms with Gasteiger partial charge in [-0.1, -0.05) is 0 Å². The lowest BCUT2D eigenvalue weighted by Crippen LogP contribution is -2.37. The van der Waals surface area contributed by atoms with Gasteiger partial charge in [0.2, 0.25) is 0 Å². The fourth-order valence-electron chi connectivity index (χ4n) is 1.90. The van der Waals surface area contributed by atoms with E-state index < -0.39 is 11.2 Å².